The molecule has 1 nitrogen and oxygen atoms in total. The molecule has 1 aromatic carbocycles. The highest BCUT2D eigenvalue weighted by Gasteiger charge is 2.10. The van der Waals surface area contributed by atoms with Gasteiger partial charge in [0.1, 0.15) is 11.6 Å². The van der Waals surface area contributed by atoms with Gasteiger partial charge >= 0.3 is 0 Å². The molecule has 0 saturated heterocycles. The van der Waals surface area contributed by atoms with Gasteiger partial charge in [-0.2, -0.15) is 11.8 Å². The molecule has 0 radical (unpaired) electrons. The molecule has 1 aromatic rings. The van der Waals surface area contributed by atoms with E-state index < -0.39 is 11.6 Å². The number of rotatable bonds is 8. The summed E-state index contributed by atoms with van der Waals surface area (Å²) in [5.74, 6) is 1.10. The van der Waals surface area contributed by atoms with Crippen LogP contribution in [0.2, 0.25) is 0 Å². The Bertz CT molecular complexity index is 337. The van der Waals surface area contributed by atoms with Gasteiger partial charge in [0.15, 0.2) is 0 Å². The highest BCUT2D eigenvalue weighted by atomic mass is 32.2. The lowest BCUT2D eigenvalue weighted by atomic mass is 10.1. The molecule has 0 aliphatic rings. The maximum atomic E-state index is 13.1. The zero-order chi connectivity index (χ0) is 13.4. The third kappa shape index (κ3) is 5.83. The maximum absolute atomic E-state index is 13.1. The molecule has 1 unspecified atom stereocenters. The van der Waals surface area contributed by atoms with Crippen molar-refractivity contribution < 1.29 is 8.78 Å². The Morgan fingerprint density at radius 1 is 1.17 bits per heavy atom. The van der Waals surface area contributed by atoms with E-state index in [0.717, 1.165) is 36.1 Å². The van der Waals surface area contributed by atoms with Gasteiger partial charge in [-0.15, -0.1) is 0 Å². The second-order valence-corrected chi connectivity index (χ2v) is 5.46. The van der Waals surface area contributed by atoms with Crippen LogP contribution >= 0.6 is 11.8 Å². The molecule has 0 amide bonds. The second kappa shape index (κ2) is 8.48. The van der Waals surface area contributed by atoms with E-state index >= 15 is 0 Å². The van der Waals surface area contributed by atoms with E-state index in [1.807, 2.05) is 18.7 Å². The number of nitrogens with one attached hydrogen (secondary N) is 1. The lowest BCUT2D eigenvalue weighted by Crippen LogP contribution is -2.33. The summed E-state index contributed by atoms with van der Waals surface area (Å²) in [5, 5.41) is 3.36. The molecule has 0 aliphatic carbocycles. The molecular weight excluding hydrogens is 252 g/mol. The summed E-state index contributed by atoms with van der Waals surface area (Å²) < 4.78 is 26.2. The third-order valence-corrected chi connectivity index (χ3v) is 3.90. The van der Waals surface area contributed by atoms with Crippen LogP contribution in [0.3, 0.4) is 0 Å². The maximum Gasteiger partial charge on any atom is 0.126 e. The van der Waals surface area contributed by atoms with Gasteiger partial charge in [-0.1, -0.05) is 13.8 Å². The minimum absolute atomic E-state index is 0.271. The van der Waals surface area contributed by atoms with Crippen LogP contribution in [0.4, 0.5) is 8.78 Å². The van der Waals surface area contributed by atoms with Gasteiger partial charge in [-0.3, -0.25) is 0 Å². The molecule has 1 rings (SSSR count). The molecule has 0 aromatic heterocycles. The fourth-order valence-electron chi connectivity index (χ4n) is 1.86. The van der Waals surface area contributed by atoms with Gasteiger partial charge in [0, 0.05) is 17.9 Å². The van der Waals surface area contributed by atoms with Gasteiger partial charge in [0.2, 0.25) is 0 Å². The quantitative estimate of drug-likeness (QED) is 0.726. The first kappa shape index (κ1) is 15.4. The van der Waals surface area contributed by atoms with Crippen LogP contribution in [0, 0.1) is 11.6 Å². The minimum atomic E-state index is -0.499. The van der Waals surface area contributed by atoms with Gasteiger partial charge < -0.3 is 5.32 Å². The van der Waals surface area contributed by atoms with Crippen molar-refractivity contribution in [2.75, 3.05) is 18.1 Å². The predicted octanol–water partition coefficient (Wildman–Crippen LogP) is 3.63. The Morgan fingerprint density at radius 2 is 1.83 bits per heavy atom. The predicted molar refractivity (Wildman–Crippen MR) is 75.1 cm³/mol. The van der Waals surface area contributed by atoms with Crippen LogP contribution in [0.15, 0.2) is 18.2 Å². The zero-order valence-corrected chi connectivity index (χ0v) is 11.8. The summed E-state index contributed by atoms with van der Waals surface area (Å²) >= 11 is 1.88. The Kier molecular flexibility index (Phi) is 7.28. The first-order valence-electron chi connectivity index (χ1n) is 6.41. The first-order valence-corrected chi connectivity index (χ1v) is 7.57. The van der Waals surface area contributed by atoms with Crippen LogP contribution in [0.25, 0.3) is 0 Å². The van der Waals surface area contributed by atoms with E-state index in [-0.39, 0.29) is 6.04 Å². The topological polar surface area (TPSA) is 12.0 Å². The highest BCUT2D eigenvalue weighted by molar-refractivity contribution is 7.99. The molecule has 0 aliphatic heterocycles. The van der Waals surface area contributed by atoms with Crippen molar-refractivity contribution in [2.24, 2.45) is 0 Å². The Balaban J connectivity index is 2.58. The molecule has 0 saturated carbocycles. The van der Waals surface area contributed by atoms with Crippen LogP contribution in [0.1, 0.15) is 25.8 Å². The fourth-order valence-corrected chi connectivity index (χ4v) is 2.84. The molecule has 18 heavy (non-hydrogen) atoms. The first-order chi connectivity index (χ1) is 8.65. The SMILES string of the molecule is CCCSCC(Cc1cc(F)cc(F)c1)NCC. The van der Waals surface area contributed by atoms with Crippen molar-refractivity contribution in [1.82, 2.24) is 5.32 Å². The number of thioether (sulfide) groups is 1. The highest BCUT2D eigenvalue weighted by Crippen LogP contribution is 2.13. The Morgan fingerprint density at radius 3 is 2.39 bits per heavy atom. The number of hydrogen-bond donors (Lipinski definition) is 1. The van der Waals surface area contributed by atoms with E-state index in [4.69, 9.17) is 0 Å². The normalized spacial score (nSPS) is 12.7. The summed E-state index contributed by atoms with van der Waals surface area (Å²) in [7, 11) is 0. The average molecular weight is 273 g/mol. The summed E-state index contributed by atoms with van der Waals surface area (Å²) in [4.78, 5) is 0. The van der Waals surface area contributed by atoms with Crippen molar-refractivity contribution in [3.05, 3.63) is 35.4 Å². The molecule has 1 N–H and O–H groups in total. The van der Waals surface area contributed by atoms with Crippen LogP contribution in [-0.4, -0.2) is 24.1 Å². The van der Waals surface area contributed by atoms with Gasteiger partial charge in [0.25, 0.3) is 0 Å². The minimum Gasteiger partial charge on any atom is -0.313 e. The fraction of sp³-hybridized carbons (Fsp3) is 0.571. The van der Waals surface area contributed by atoms with E-state index in [1.54, 1.807) is 0 Å². The lowest BCUT2D eigenvalue weighted by molar-refractivity contribution is 0.555. The van der Waals surface area contributed by atoms with Gasteiger partial charge in [0.05, 0.1) is 0 Å². The molecule has 0 fully saturated rings. The standard InChI is InChI=1S/C14H21F2NS/c1-3-5-18-10-14(17-4-2)8-11-6-12(15)9-13(16)7-11/h6-7,9,14,17H,3-5,8,10H2,1-2H3. The Labute approximate surface area is 112 Å². The lowest BCUT2D eigenvalue weighted by Gasteiger charge is -2.17. The van der Waals surface area contributed by atoms with E-state index in [9.17, 15) is 8.78 Å². The van der Waals surface area contributed by atoms with Crippen LogP contribution in [0.5, 0.6) is 0 Å². The van der Waals surface area contributed by atoms with Crippen LogP contribution < -0.4 is 5.32 Å². The van der Waals surface area contributed by atoms with Crippen molar-refractivity contribution in [3.63, 3.8) is 0 Å². The van der Waals surface area contributed by atoms with Gasteiger partial charge in [-0.05, 0) is 42.8 Å². The molecule has 102 valence electrons. The molecule has 1 atom stereocenters. The molecule has 0 spiro atoms. The molecule has 0 bridgehead atoms. The summed E-state index contributed by atoms with van der Waals surface area (Å²) in [5.41, 5.74) is 0.718. The number of benzene rings is 1. The summed E-state index contributed by atoms with van der Waals surface area (Å²) in [6.45, 7) is 5.07. The number of hydrogen-bond acceptors (Lipinski definition) is 2. The van der Waals surface area contributed by atoms with E-state index in [1.165, 1.54) is 12.1 Å². The van der Waals surface area contributed by atoms with Crippen molar-refractivity contribution in [3.8, 4) is 0 Å². The zero-order valence-electron chi connectivity index (χ0n) is 11.0. The average Bonchev–Trinajstić information content (AvgIpc) is 2.28. The van der Waals surface area contributed by atoms with Crippen molar-refractivity contribution in [1.29, 1.82) is 0 Å². The third-order valence-electron chi connectivity index (χ3n) is 2.56. The molecule has 0 heterocycles. The summed E-state index contributed by atoms with van der Waals surface area (Å²) in [6.07, 6.45) is 1.82. The van der Waals surface area contributed by atoms with E-state index in [0.29, 0.717) is 6.42 Å². The largest absolute Gasteiger partial charge is 0.313 e. The van der Waals surface area contributed by atoms with Crippen molar-refractivity contribution in [2.45, 2.75) is 32.7 Å². The number of halogens is 2. The number of likely N-dealkylation sites (N-methyl/N-ethyl adjacent to an activating group) is 1. The van der Waals surface area contributed by atoms with E-state index in [2.05, 4.69) is 12.2 Å². The van der Waals surface area contributed by atoms with Crippen molar-refractivity contribution >= 4 is 11.8 Å². The molecule has 4 heteroatoms. The monoisotopic (exact) mass is 273 g/mol. The summed E-state index contributed by atoms with van der Waals surface area (Å²) in [6, 6.07) is 4.01. The second-order valence-electron chi connectivity index (χ2n) is 4.31. The van der Waals surface area contributed by atoms with Gasteiger partial charge in [-0.25, -0.2) is 8.78 Å². The molecular formula is C14H21F2NS. The smallest absolute Gasteiger partial charge is 0.126 e. The Hall–Kier alpha value is -0.610. The van der Waals surface area contributed by atoms with Crippen LogP contribution in [-0.2, 0) is 6.42 Å².